The van der Waals surface area contributed by atoms with Crippen molar-refractivity contribution in [2.75, 3.05) is 26.3 Å². The minimum Gasteiger partial charge on any atom is -0.396 e. The van der Waals surface area contributed by atoms with Gasteiger partial charge in [-0.15, -0.1) is 12.4 Å². The Bertz CT molecular complexity index is 151. The Morgan fingerprint density at radius 1 is 1.09 bits per heavy atom. The van der Waals surface area contributed by atoms with Crippen molar-refractivity contribution in [1.82, 2.24) is 5.32 Å². The Labute approximate surface area is 72.2 Å². The standard InChI is InChI=1S/C7H13NO2.ClH/c9-4-6-1-7(6,5-10)3-8-2-6;/h8-10H,1-5H2;1H/t6-,7+;. The molecular formula is C7H14ClNO2. The monoisotopic (exact) mass is 179 g/mol. The summed E-state index contributed by atoms with van der Waals surface area (Å²) in [5, 5.41) is 21.2. The van der Waals surface area contributed by atoms with Crippen LogP contribution in [0.1, 0.15) is 6.42 Å². The van der Waals surface area contributed by atoms with Crippen LogP contribution in [0.25, 0.3) is 0 Å². The molecule has 0 bridgehead atoms. The summed E-state index contributed by atoms with van der Waals surface area (Å²) in [5.74, 6) is 0. The maximum absolute atomic E-state index is 9.01. The molecule has 0 amide bonds. The van der Waals surface area contributed by atoms with E-state index in [-0.39, 0.29) is 36.5 Å². The number of piperidine rings is 1. The Balaban J connectivity index is 0.000000605. The molecule has 0 spiro atoms. The highest BCUT2D eigenvalue weighted by Gasteiger charge is 2.69. The summed E-state index contributed by atoms with van der Waals surface area (Å²) >= 11 is 0. The average Bonchev–Trinajstić information content (AvgIpc) is 2.51. The third-order valence-corrected chi connectivity index (χ3v) is 3.21. The van der Waals surface area contributed by atoms with Gasteiger partial charge < -0.3 is 15.5 Å². The van der Waals surface area contributed by atoms with Crippen LogP contribution < -0.4 is 5.32 Å². The SMILES string of the molecule is Cl.OC[C@@]12CNC[C@]1(CO)C2. The van der Waals surface area contributed by atoms with E-state index in [4.69, 9.17) is 10.2 Å². The quantitative estimate of drug-likeness (QED) is 0.529. The zero-order valence-corrected chi connectivity index (χ0v) is 7.15. The molecule has 3 N–H and O–H groups in total. The maximum atomic E-state index is 9.01. The molecule has 1 saturated heterocycles. The topological polar surface area (TPSA) is 52.5 Å². The maximum Gasteiger partial charge on any atom is 0.0506 e. The summed E-state index contributed by atoms with van der Waals surface area (Å²) < 4.78 is 0. The molecule has 1 saturated carbocycles. The van der Waals surface area contributed by atoms with Crippen LogP contribution in [0.2, 0.25) is 0 Å². The molecule has 0 aromatic carbocycles. The Morgan fingerprint density at radius 2 is 1.55 bits per heavy atom. The third kappa shape index (κ3) is 0.920. The van der Waals surface area contributed by atoms with E-state index >= 15 is 0 Å². The largest absolute Gasteiger partial charge is 0.396 e. The van der Waals surface area contributed by atoms with Crippen LogP contribution in [0.15, 0.2) is 0 Å². The number of hydrogen-bond acceptors (Lipinski definition) is 3. The van der Waals surface area contributed by atoms with Gasteiger partial charge in [-0.3, -0.25) is 0 Å². The van der Waals surface area contributed by atoms with Gasteiger partial charge in [-0.2, -0.15) is 0 Å². The highest BCUT2D eigenvalue weighted by molar-refractivity contribution is 5.85. The van der Waals surface area contributed by atoms with Crippen LogP contribution in [-0.2, 0) is 0 Å². The first-order chi connectivity index (χ1) is 4.79. The summed E-state index contributed by atoms with van der Waals surface area (Å²) in [7, 11) is 0. The molecule has 2 atom stereocenters. The first-order valence-corrected chi connectivity index (χ1v) is 3.71. The number of aliphatic hydroxyl groups excluding tert-OH is 2. The number of halogens is 1. The summed E-state index contributed by atoms with van der Waals surface area (Å²) in [6, 6.07) is 0. The van der Waals surface area contributed by atoms with E-state index in [0.717, 1.165) is 19.5 Å². The molecule has 2 fully saturated rings. The molecule has 1 aliphatic carbocycles. The number of fused-ring (bicyclic) bond motifs is 1. The van der Waals surface area contributed by atoms with Crippen LogP contribution in [0, 0.1) is 10.8 Å². The van der Waals surface area contributed by atoms with Crippen LogP contribution in [0.5, 0.6) is 0 Å². The van der Waals surface area contributed by atoms with E-state index in [1.54, 1.807) is 0 Å². The molecule has 1 aliphatic heterocycles. The number of hydrogen-bond donors (Lipinski definition) is 3. The second kappa shape index (κ2) is 2.59. The van der Waals surface area contributed by atoms with Crippen molar-refractivity contribution in [3.05, 3.63) is 0 Å². The van der Waals surface area contributed by atoms with Crippen LogP contribution in [-0.4, -0.2) is 36.5 Å². The summed E-state index contributed by atoms with van der Waals surface area (Å²) in [6.07, 6.45) is 1.00. The molecule has 2 aliphatic rings. The van der Waals surface area contributed by atoms with Gasteiger partial charge in [0.15, 0.2) is 0 Å². The molecule has 0 radical (unpaired) electrons. The van der Waals surface area contributed by atoms with Crippen molar-refractivity contribution in [2.45, 2.75) is 6.42 Å². The van der Waals surface area contributed by atoms with Crippen LogP contribution in [0.3, 0.4) is 0 Å². The third-order valence-electron chi connectivity index (χ3n) is 3.21. The number of nitrogens with one attached hydrogen (secondary N) is 1. The molecule has 1 heterocycles. The zero-order chi connectivity index (χ0) is 7.24. The fraction of sp³-hybridized carbons (Fsp3) is 1.00. The lowest BCUT2D eigenvalue weighted by Gasteiger charge is -2.10. The Hall–Kier alpha value is 0.170. The van der Waals surface area contributed by atoms with E-state index in [2.05, 4.69) is 5.32 Å². The Kier molecular flexibility index (Phi) is 2.18. The van der Waals surface area contributed by atoms with Gasteiger partial charge >= 0.3 is 0 Å². The summed E-state index contributed by atoms with van der Waals surface area (Å²) in [6.45, 7) is 2.20. The zero-order valence-electron chi connectivity index (χ0n) is 6.34. The molecule has 0 unspecified atom stereocenters. The highest BCUT2D eigenvalue weighted by Crippen LogP contribution is 2.65. The van der Waals surface area contributed by atoms with Gasteiger partial charge in [-0.25, -0.2) is 0 Å². The molecule has 3 nitrogen and oxygen atoms in total. The first kappa shape index (κ1) is 9.26. The average molecular weight is 180 g/mol. The van der Waals surface area contributed by atoms with Gasteiger partial charge in [0, 0.05) is 23.9 Å². The molecular weight excluding hydrogens is 166 g/mol. The van der Waals surface area contributed by atoms with E-state index < -0.39 is 0 Å². The molecule has 2 rings (SSSR count). The van der Waals surface area contributed by atoms with Crippen molar-refractivity contribution >= 4 is 12.4 Å². The van der Waals surface area contributed by atoms with Crippen molar-refractivity contribution in [3.63, 3.8) is 0 Å². The lowest BCUT2D eigenvalue weighted by atomic mass is 9.98. The fourth-order valence-electron chi connectivity index (χ4n) is 2.20. The van der Waals surface area contributed by atoms with E-state index in [9.17, 15) is 0 Å². The molecule has 4 heteroatoms. The van der Waals surface area contributed by atoms with Gasteiger partial charge in [0.25, 0.3) is 0 Å². The van der Waals surface area contributed by atoms with Crippen molar-refractivity contribution in [1.29, 1.82) is 0 Å². The normalized spacial score (nSPS) is 46.4. The molecule has 0 aromatic heterocycles. The number of aliphatic hydroxyl groups is 2. The highest BCUT2D eigenvalue weighted by atomic mass is 35.5. The van der Waals surface area contributed by atoms with E-state index in [1.165, 1.54) is 0 Å². The minimum atomic E-state index is 0. The van der Waals surface area contributed by atoms with Crippen molar-refractivity contribution in [2.24, 2.45) is 10.8 Å². The second-order valence-electron chi connectivity index (χ2n) is 3.66. The first-order valence-electron chi connectivity index (χ1n) is 3.71. The van der Waals surface area contributed by atoms with Gasteiger partial charge in [-0.1, -0.05) is 0 Å². The lowest BCUT2D eigenvalue weighted by molar-refractivity contribution is 0.152. The predicted octanol–water partition coefficient (Wildman–Crippen LogP) is -0.628. The van der Waals surface area contributed by atoms with E-state index in [1.807, 2.05) is 0 Å². The molecule has 11 heavy (non-hydrogen) atoms. The predicted molar refractivity (Wildman–Crippen MR) is 43.8 cm³/mol. The molecule has 0 aromatic rings. The fourth-order valence-corrected chi connectivity index (χ4v) is 2.20. The van der Waals surface area contributed by atoms with Gasteiger partial charge in [0.2, 0.25) is 0 Å². The smallest absolute Gasteiger partial charge is 0.0506 e. The van der Waals surface area contributed by atoms with Crippen LogP contribution >= 0.6 is 12.4 Å². The molecule has 66 valence electrons. The van der Waals surface area contributed by atoms with Crippen molar-refractivity contribution in [3.8, 4) is 0 Å². The van der Waals surface area contributed by atoms with Gasteiger partial charge in [0.05, 0.1) is 13.2 Å². The Morgan fingerprint density at radius 3 is 1.82 bits per heavy atom. The summed E-state index contributed by atoms with van der Waals surface area (Å²) in [5.41, 5.74) is 0.0868. The minimum absolute atomic E-state index is 0. The van der Waals surface area contributed by atoms with Crippen LogP contribution in [0.4, 0.5) is 0 Å². The van der Waals surface area contributed by atoms with Crippen molar-refractivity contribution < 1.29 is 10.2 Å². The second-order valence-corrected chi connectivity index (χ2v) is 3.66. The van der Waals surface area contributed by atoms with E-state index in [0.29, 0.717) is 0 Å². The number of rotatable bonds is 2. The van der Waals surface area contributed by atoms with Gasteiger partial charge in [0.1, 0.15) is 0 Å². The summed E-state index contributed by atoms with van der Waals surface area (Å²) in [4.78, 5) is 0. The lowest BCUT2D eigenvalue weighted by Crippen LogP contribution is -2.19. The van der Waals surface area contributed by atoms with Gasteiger partial charge in [-0.05, 0) is 6.42 Å².